The van der Waals surface area contributed by atoms with Crippen molar-refractivity contribution in [1.82, 2.24) is 0 Å². The zero-order valence-electron chi connectivity index (χ0n) is 14.9. The van der Waals surface area contributed by atoms with Gasteiger partial charge in [0.15, 0.2) is 0 Å². The molecule has 0 amide bonds. The molecule has 3 aromatic rings. The van der Waals surface area contributed by atoms with Gasteiger partial charge in [0.1, 0.15) is 0 Å². The molecule has 1 aliphatic carbocycles. The summed E-state index contributed by atoms with van der Waals surface area (Å²) in [6.07, 6.45) is 3.31. The predicted octanol–water partition coefficient (Wildman–Crippen LogP) is 3.99. The largest absolute Gasteiger partial charge is 0.384 e. The van der Waals surface area contributed by atoms with Crippen LogP contribution in [0.5, 0.6) is 0 Å². The number of aryl methyl sites for hydroxylation is 2. The Morgan fingerprint density at radius 3 is 2.73 bits per heavy atom. The first-order valence-corrected chi connectivity index (χ1v) is 9.19. The molecular formula is C22H22N4. The van der Waals surface area contributed by atoms with Gasteiger partial charge in [-0.1, -0.05) is 24.3 Å². The number of nitrogens with zero attached hydrogens (tertiary/aromatic N) is 2. The monoisotopic (exact) mass is 342 g/mol. The van der Waals surface area contributed by atoms with E-state index in [1.807, 2.05) is 11.9 Å². The second-order valence-corrected chi connectivity index (χ2v) is 7.13. The summed E-state index contributed by atoms with van der Waals surface area (Å²) in [7, 11) is 1.98. The van der Waals surface area contributed by atoms with Crippen molar-refractivity contribution in [2.75, 3.05) is 23.8 Å². The Kier molecular flexibility index (Phi) is 3.38. The lowest BCUT2D eigenvalue weighted by Crippen LogP contribution is -2.33. The van der Waals surface area contributed by atoms with Gasteiger partial charge in [-0.2, -0.15) is 0 Å². The molecule has 0 fully saturated rings. The molecule has 0 bridgehead atoms. The first-order chi connectivity index (χ1) is 12.7. The first kappa shape index (κ1) is 15.3. The molecule has 1 heterocycles. The van der Waals surface area contributed by atoms with Crippen molar-refractivity contribution in [3.63, 3.8) is 0 Å². The van der Waals surface area contributed by atoms with Crippen LogP contribution in [0, 0.1) is 0 Å². The fraction of sp³-hybridized carbons (Fsp3) is 0.227. The van der Waals surface area contributed by atoms with Gasteiger partial charge < -0.3 is 16.0 Å². The van der Waals surface area contributed by atoms with E-state index in [0.717, 1.165) is 37.2 Å². The number of anilines is 2. The summed E-state index contributed by atoms with van der Waals surface area (Å²) in [5.41, 5.74) is 13.8. The third-order valence-electron chi connectivity index (χ3n) is 5.62. The molecule has 0 unspecified atom stereocenters. The minimum absolute atomic E-state index is 0.509. The molecule has 2 aliphatic rings. The first-order valence-electron chi connectivity index (χ1n) is 9.19. The lowest BCUT2D eigenvalue weighted by molar-refractivity contribution is 1.02. The van der Waals surface area contributed by atoms with E-state index in [9.17, 15) is 0 Å². The molecule has 4 nitrogen and oxygen atoms in total. The molecule has 0 aromatic heterocycles. The number of aliphatic imine (C=N–C) groups is 1. The molecular weight excluding hydrogens is 320 g/mol. The molecule has 5 rings (SSSR count). The second kappa shape index (κ2) is 5.77. The minimum Gasteiger partial charge on any atom is -0.384 e. The predicted molar refractivity (Wildman–Crippen MR) is 110 cm³/mol. The summed E-state index contributed by atoms with van der Waals surface area (Å²) in [6.45, 7) is 1.01. The highest BCUT2D eigenvalue weighted by Gasteiger charge is 2.17. The highest BCUT2D eigenvalue weighted by atomic mass is 15.2. The Morgan fingerprint density at radius 1 is 1.00 bits per heavy atom. The van der Waals surface area contributed by atoms with E-state index in [2.05, 4.69) is 53.8 Å². The standard InChI is InChI=1S/C22H22N4/c1-26(17-8-10-19-16(13-17)11-12-24-19)22(23)25-20-9-7-15-6-5-14-3-2-4-18(20)21(14)15/h2-4,7-10,13,24H,5-6,11-12H2,1H3,(H2,23,25). The maximum atomic E-state index is 6.37. The fourth-order valence-corrected chi connectivity index (χ4v) is 4.16. The van der Waals surface area contributed by atoms with Gasteiger partial charge in [0, 0.05) is 30.4 Å². The van der Waals surface area contributed by atoms with Crippen LogP contribution in [0.15, 0.2) is 53.5 Å². The molecule has 0 atom stereocenters. The number of fused-ring (bicyclic) bond motifs is 1. The number of benzene rings is 3. The van der Waals surface area contributed by atoms with Gasteiger partial charge in [0.05, 0.1) is 5.69 Å². The maximum absolute atomic E-state index is 6.37. The number of guanidine groups is 1. The Labute approximate surface area is 153 Å². The highest BCUT2D eigenvalue weighted by molar-refractivity contribution is 6.03. The van der Waals surface area contributed by atoms with E-state index in [-0.39, 0.29) is 0 Å². The van der Waals surface area contributed by atoms with Crippen molar-refractivity contribution in [2.24, 2.45) is 10.7 Å². The van der Waals surface area contributed by atoms with E-state index in [0.29, 0.717) is 5.96 Å². The van der Waals surface area contributed by atoms with Gasteiger partial charge in [-0.3, -0.25) is 0 Å². The molecule has 130 valence electrons. The van der Waals surface area contributed by atoms with Gasteiger partial charge in [-0.15, -0.1) is 0 Å². The van der Waals surface area contributed by atoms with E-state index in [4.69, 9.17) is 10.7 Å². The number of nitrogens with one attached hydrogen (secondary N) is 1. The summed E-state index contributed by atoms with van der Waals surface area (Å²) in [5, 5.41) is 5.96. The Hall–Kier alpha value is -3.01. The Balaban J connectivity index is 1.54. The molecule has 3 N–H and O–H groups in total. The lowest BCUT2D eigenvalue weighted by Gasteiger charge is -2.19. The average Bonchev–Trinajstić information content (AvgIpc) is 3.30. The van der Waals surface area contributed by atoms with Gasteiger partial charge in [0.25, 0.3) is 0 Å². The summed E-state index contributed by atoms with van der Waals surface area (Å²) in [4.78, 5) is 6.73. The normalized spacial score (nSPS) is 15.2. The molecule has 4 heteroatoms. The van der Waals surface area contributed by atoms with Crippen molar-refractivity contribution >= 4 is 33.8 Å². The third kappa shape index (κ3) is 2.33. The van der Waals surface area contributed by atoms with Crippen LogP contribution in [-0.4, -0.2) is 19.6 Å². The van der Waals surface area contributed by atoms with Crippen LogP contribution in [0.25, 0.3) is 10.8 Å². The quantitative estimate of drug-likeness (QED) is 0.547. The van der Waals surface area contributed by atoms with Gasteiger partial charge >= 0.3 is 0 Å². The molecule has 0 spiro atoms. The van der Waals surface area contributed by atoms with Crippen molar-refractivity contribution in [3.05, 3.63) is 65.2 Å². The van der Waals surface area contributed by atoms with Crippen LogP contribution in [-0.2, 0) is 19.3 Å². The minimum atomic E-state index is 0.509. The van der Waals surface area contributed by atoms with Crippen LogP contribution in [0.3, 0.4) is 0 Å². The van der Waals surface area contributed by atoms with E-state index in [1.165, 1.54) is 33.2 Å². The summed E-state index contributed by atoms with van der Waals surface area (Å²) in [5.74, 6) is 0.509. The molecule has 0 saturated carbocycles. The van der Waals surface area contributed by atoms with Gasteiger partial charge in [0.2, 0.25) is 5.96 Å². The Bertz CT molecular complexity index is 1040. The number of hydrogen-bond acceptors (Lipinski definition) is 2. The topological polar surface area (TPSA) is 53.6 Å². The number of rotatable bonds is 2. The van der Waals surface area contributed by atoms with Crippen molar-refractivity contribution in [2.45, 2.75) is 19.3 Å². The highest BCUT2D eigenvalue weighted by Crippen LogP contribution is 2.36. The van der Waals surface area contributed by atoms with Crippen LogP contribution >= 0.6 is 0 Å². The lowest BCUT2D eigenvalue weighted by atomic mass is 10.0. The fourth-order valence-electron chi connectivity index (χ4n) is 4.16. The summed E-state index contributed by atoms with van der Waals surface area (Å²) in [6, 6.07) is 17.2. The van der Waals surface area contributed by atoms with Crippen molar-refractivity contribution < 1.29 is 0 Å². The van der Waals surface area contributed by atoms with Gasteiger partial charge in [-0.25, -0.2) is 4.99 Å². The third-order valence-corrected chi connectivity index (χ3v) is 5.62. The molecule has 3 aromatic carbocycles. The average molecular weight is 342 g/mol. The smallest absolute Gasteiger partial charge is 0.200 e. The van der Waals surface area contributed by atoms with Crippen LogP contribution < -0.4 is 16.0 Å². The van der Waals surface area contributed by atoms with Crippen LogP contribution in [0.2, 0.25) is 0 Å². The zero-order valence-corrected chi connectivity index (χ0v) is 14.9. The van der Waals surface area contributed by atoms with Crippen LogP contribution in [0.4, 0.5) is 17.1 Å². The van der Waals surface area contributed by atoms with Crippen molar-refractivity contribution in [1.29, 1.82) is 0 Å². The Morgan fingerprint density at radius 2 is 1.85 bits per heavy atom. The van der Waals surface area contributed by atoms with E-state index < -0.39 is 0 Å². The number of nitrogens with two attached hydrogens (primary N) is 1. The van der Waals surface area contributed by atoms with E-state index in [1.54, 1.807) is 0 Å². The molecule has 26 heavy (non-hydrogen) atoms. The summed E-state index contributed by atoms with van der Waals surface area (Å²) >= 11 is 0. The second-order valence-electron chi connectivity index (χ2n) is 7.13. The van der Waals surface area contributed by atoms with Crippen LogP contribution in [0.1, 0.15) is 16.7 Å². The molecule has 0 radical (unpaired) electrons. The number of hydrogen-bond donors (Lipinski definition) is 2. The van der Waals surface area contributed by atoms with E-state index >= 15 is 0 Å². The molecule has 1 aliphatic heterocycles. The summed E-state index contributed by atoms with van der Waals surface area (Å²) < 4.78 is 0. The maximum Gasteiger partial charge on any atom is 0.200 e. The zero-order chi connectivity index (χ0) is 17.7. The SMILES string of the molecule is CN(C(N)=Nc1ccc2c3c(cccc13)CC2)c1ccc2c(c1)CCN2. The van der Waals surface area contributed by atoms with Gasteiger partial charge in [-0.05, 0) is 65.6 Å². The van der Waals surface area contributed by atoms with Crippen molar-refractivity contribution in [3.8, 4) is 0 Å². The molecule has 0 saturated heterocycles.